The van der Waals surface area contributed by atoms with E-state index in [-0.39, 0.29) is 23.7 Å². The molecule has 0 aromatic heterocycles. The second-order valence-electron chi connectivity index (χ2n) is 8.08. The number of aryl methyl sites for hydroxylation is 1. The Morgan fingerprint density at radius 1 is 0.943 bits per heavy atom. The fraction of sp³-hybridized carbons (Fsp3) is 0.179. The van der Waals surface area contributed by atoms with Gasteiger partial charge >= 0.3 is 5.97 Å². The number of phenolic OH excluding ortho intramolecular Hbond substituents is 1. The highest BCUT2D eigenvalue weighted by Gasteiger charge is 2.47. The number of hydrogen-bond acceptors (Lipinski definition) is 6. The molecule has 1 aliphatic heterocycles. The van der Waals surface area contributed by atoms with Crippen molar-refractivity contribution in [3.63, 3.8) is 0 Å². The van der Waals surface area contributed by atoms with Crippen LogP contribution in [0.1, 0.15) is 46.9 Å². The van der Waals surface area contributed by atoms with Crippen LogP contribution >= 0.6 is 0 Å². The SMILES string of the molecule is CCOC(=O)c1ccc(N2C(=O)C(=O)/C(=C(/O)c3ccc(CC)cc3)C2c2cccc(O)c2)cc1. The van der Waals surface area contributed by atoms with Crippen molar-refractivity contribution in [1.29, 1.82) is 0 Å². The van der Waals surface area contributed by atoms with Gasteiger partial charge in [-0.25, -0.2) is 4.79 Å². The number of amides is 1. The van der Waals surface area contributed by atoms with E-state index in [1.807, 2.05) is 19.1 Å². The fourth-order valence-corrected chi connectivity index (χ4v) is 4.14. The number of hydrogen-bond donors (Lipinski definition) is 2. The second kappa shape index (κ2) is 9.85. The van der Waals surface area contributed by atoms with Crippen LogP contribution in [0.3, 0.4) is 0 Å². The lowest BCUT2D eigenvalue weighted by Gasteiger charge is -2.25. The summed E-state index contributed by atoms with van der Waals surface area (Å²) in [5, 5.41) is 21.3. The van der Waals surface area contributed by atoms with Gasteiger partial charge in [0.1, 0.15) is 11.5 Å². The first-order chi connectivity index (χ1) is 16.8. The van der Waals surface area contributed by atoms with Gasteiger partial charge < -0.3 is 14.9 Å². The van der Waals surface area contributed by atoms with Crippen LogP contribution in [0.15, 0.2) is 78.4 Å². The van der Waals surface area contributed by atoms with E-state index in [9.17, 15) is 24.6 Å². The maximum absolute atomic E-state index is 13.2. The molecule has 1 unspecified atom stereocenters. The minimum Gasteiger partial charge on any atom is -0.508 e. The molecule has 0 radical (unpaired) electrons. The van der Waals surface area contributed by atoms with Crippen LogP contribution in [0.4, 0.5) is 5.69 Å². The van der Waals surface area contributed by atoms with Crippen molar-refractivity contribution >= 4 is 29.1 Å². The summed E-state index contributed by atoms with van der Waals surface area (Å²) in [5.74, 6) is -2.51. The molecule has 0 spiro atoms. The maximum Gasteiger partial charge on any atom is 0.338 e. The summed E-state index contributed by atoms with van der Waals surface area (Å²) in [4.78, 5) is 39.7. The molecule has 1 amide bonds. The van der Waals surface area contributed by atoms with E-state index in [0.29, 0.717) is 22.4 Å². The van der Waals surface area contributed by atoms with Crippen molar-refractivity contribution in [3.8, 4) is 5.75 Å². The summed E-state index contributed by atoms with van der Waals surface area (Å²) in [5.41, 5.74) is 2.49. The smallest absolute Gasteiger partial charge is 0.338 e. The number of carbonyl (C=O) groups is 3. The first-order valence-electron chi connectivity index (χ1n) is 11.3. The molecule has 3 aromatic carbocycles. The molecule has 4 rings (SSSR count). The fourth-order valence-electron chi connectivity index (χ4n) is 4.14. The lowest BCUT2D eigenvalue weighted by atomic mass is 9.94. The van der Waals surface area contributed by atoms with Crippen molar-refractivity contribution in [2.75, 3.05) is 11.5 Å². The number of anilines is 1. The number of Topliss-reactive ketones (excluding diaryl/α,β-unsaturated/α-hetero) is 1. The molecule has 7 nitrogen and oxygen atoms in total. The van der Waals surface area contributed by atoms with Gasteiger partial charge in [-0.15, -0.1) is 0 Å². The molecule has 1 atom stereocenters. The predicted octanol–water partition coefficient (Wildman–Crippen LogP) is 4.76. The minimum atomic E-state index is -0.985. The van der Waals surface area contributed by atoms with Crippen molar-refractivity contribution in [3.05, 3.63) is 101 Å². The predicted molar refractivity (Wildman–Crippen MR) is 131 cm³/mol. The zero-order chi connectivity index (χ0) is 25.1. The zero-order valence-corrected chi connectivity index (χ0v) is 19.4. The van der Waals surface area contributed by atoms with Crippen LogP contribution in [0.2, 0.25) is 0 Å². The molecule has 1 heterocycles. The first-order valence-corrected chi connectivity index (χ1v) is 11.3. The number of nitrogens with zero attached hydrogens (tertiary/aromatic N) is 1. The van der Waals surface area contributed by atoms with E-state index in [1.54, 1.807) is 43.3 Å². The molecule has 35 heavy (non-hydrogen) atoms. The maximum atomic E-state index is 13.2. The van der Waals surface area contributed by atoms with Gasteiger partial charge in [0.2, 0.25) is 0 Å². The summed E-state index contributed by atoms with van der Waals surface area (Å²) >= 11 is 0. The Labute approximate surface area is 202 Å². The number of aliphatic hydroxyl groups excluding tert-OH is 1. The van der Waals surface area contributed by atoms with E-state index in [2.05, 4.69) is 0 Å². The Morgan fingerprint density at radius 2 is 1.60 bits per heavy atom. The number of carbonyl (C=O) groups excluding carboxylic acids is 3. The lowest BCUT2D eigenvalue weighted by Crippen LogP contribution is -2.29. The van der Waals surface area contributed by atoms with Gasteiger partial charge in [-0.2, -0.15) is 0 Å². The van der Waals surface area contributed by atoms with E-state index >= 15 is 0 Å². The van der Waals surface area contributed by atoms with Gasteiger partial charge in [-0.1, -0.05) is 43.3 Å². The molecule has 0 aliphatic carbocycles. The number of aromatic hydroxyl groups is 1. The van der Waals surface area contributed by atoms with E-state index < -0.39 is 23.7 Å². The molecule has 178 valence electrons. The average Bonchev–Trinajstić information content (AvgIpc) is 3.14. The van der Waals surface area contributed by atoms with Crippen LogP contribution in [0.5, 0.6) is 5.75 Å². The molecule has 2 N–H and O–H groups in total. The Hall–Kier alpha value is -4.39. The summed E-state index contributed by atoms with van der Waals surface area (Å²) < 4.78 is 5.01. The highest BCUT2D eigenvalue weighted by atomic mass is 16.5. The number of phenols is 1. The Kier molecular flexibility index (Phi) is 6.68. The van der Waals surface area contributed by atoms with Crippen molar-refractivity contribution in [2.45, 2.75) is 26.3 Å². The van der Waals surface area contributed by atoms with E-state index in [4.69, 9.17) is 4.74 Å². The Balaban J connectivity index is 1.85. The third-order valence-electron chi connectivity index (χ3n) is 5.92. The number of aliphatic hydroxyl groups is 1. The number of ketones is 1. The average molecular weight is 472 g/mol. The Morgan fingerprint density at radius 3 is 2.20 bits per heavy atom. The number of esters is 1. The van der Waals surface area contributed by atoms with E-state index in [1.165, 1.54) is 29.2 Å². The van der Waals surface area contributed by atoms with Crippen LogP contribution in [0, 0.1) is 0 Å². The van der Waals surface area contributed by atoms with Crippen LogP contribution < -0.4 is 4.90 Å². The highest BCUT2D eigenvalue weighted by Crippen LogP contribution is 2.42. The highest BCUT2D eigenvalue weighted by molar-refractivity contribution is 6.51. The van der Waals surface area contributed by atoms with Crippen molar-refractivity contribution in [2.24, 2.45) is 0 Å². The standard InChI is InChI=1S/C28H25NO6/c1-3-17-8-10-18(11-9-17)25(31)23-24(20-6-5-7-22(30)16-20)29(27(33)26(23)32)21-14-12-19(13-15-21)28(34)35-4-2/h5-16,24,30-31H,3-4H2,1-2H3/b25-23+. The summed E-state index contributed by atoms with van der Waals surface area (Å²) in [6.45, 7) is 3.94. The minimum absolute atomic E-state index is 0.0435. The molecular formula is C28H25NO6. The lowest BCUT2D eigenvalue weighted by molar-refractivity contribution is -0.132. The number of benzene rings is 3. The molecule has 0 bridgehead atoms. The zero-order valence-electron chi connectivity index (χ0n) is 19.4. The Bertz CT molecular complexity index is 1310. The summed E-state index contributed by atoms with van der Waals surface area (Å²) in [6.07, 6.45) is 0.816. The largest absolute Gasteiger partial charge is 0.508 e. The third kappa shape index (κ3) is 4.53. The van der Waals surface area contributed by atoms with Gasteiger partial charge in [0.05, 0.1) is 23.8 Å². The summed E-state index contributed by atoms with van der Waals surface area (Å²) in [7, 11) is 0. The van der Waals surface area contributed by atoms with Gasteiger partial charge in [-0.3, -0.25) is 14.5 Å². The molecule has 7 heteroatoms. The van der Waals surface area contributed by atoms with Gasteiger partial charge in [0.15, 0.2) is 0 Å². The molecule has 1 fully saturated rings. The number of rotatable bonds is 6. The monoisotopic (exact) mass is 471 g/mol. The van der Waals surface area contributed by atoms with Crippen molar-refractivity contribution in [1.82, 2.24) is 0 Å². The topological polar surface area (TPSA) is 104 Å². The van der Waals surface area contributed by atoms with Crippen LogP contribution in [0.25, 0.3) is 5.76 Å². The molecule has 1 saturated heterocycles. The summed E-state index contributed by atoms with van der Waals surface area (Å²) in [6, 6.07) is 18.4. The van der Waals surface area contributed by atoms with Crippen LogP contribution in [-0.4, -0.2) is 34.5 Å². The van der Waals surface area contributed by atoms with Crippen LogP contribution in [-0.2, 0) is 20.7 Å². The molecule has 1 aliphatic rings. The molecule has 3 aromatic rings. The number of ether oxygens (including phenoxy) is 1. The third-order valence-corrected chi connectivity index (χ3v) is 5.92. The normalized spacial score (nSPS) is 17.0. The van der Waals surface area contributed by atoms with E-state index in [0.717, 1.165) is 12.0 Å². The van der Waals surface area contributed by atoms with Crippen molar-refractivity contribution < 1.29 is 29.3 Å². The van der Waals surface area contributed by atoms with Gasteiger partial charge in [0.25, 0.3) is 11.7 Å². The quantitative estimate of drug-likeness (QED) is 0.233. The second-order valence-corrected chi connectivity index (χ2v) is 8.08. The molecular weight excluding hydrogens is 446 g/mol. The van der Waals surface area contributed by atoms with Gasteiger partial charge in [-0.05, 0) is 60.9 Å². The molecule has 0 saturated carbocycles. The first kappa shape index (κ1) is 23.8. The van der Waals surface area contributed by atoms with Gasteiger partial charge in [0, 0.05) is 11.3 Å².